The summed E-state index contributed by atoms with van der Waals surface area (Å²) in [5.74, 6) is -11.8. The van der Waals surface area contributed by atoms with Gasteiger partial charge < -0.3 is 9.47 Å². The van der Waals surface area contributed by atoms with E-state index < -0.39 is 60.7 Å². The Balaban J connectivity index is 1.72. The van der Waals surface area contributed by atoms with Crippen molar-refractivity contribution in [2.24, 2.45) is 0 Å². The number of ether oxygens (including phenoxy) is 2. The van der Waals surface area contributed by atoms with Crippen LogP contribution in [-0.2, 0) is 14.9 Å². The molecule has 5 nitrogen and oxygen atoms in total. The fourth-order valence-electron chi connectivity index (χ4n) is 4.28. The molecule has 1 atom stereocenters. The summed E-state index contributed by atoms with van der Waals surface area (Å²) in [5, 5.41) is 0. The third-order valence-corrected chi connectivity index (χ3v) is 11.5. The van der Waals surface area contributed by atoms with Gasteiger partial charge in [0.05, 0.1) is 31.6 Å². The number of hydrogen-bond donors (Lipinski definition) is 0. The van der Waals surface area contributed by atoms with Crippen molar-refractivity contribution in [3.8, 4) is 5.75 Å². The Morgan fingerprint density at radius 2 is 1.15 bits per heavy atom. The summed E-state index contributed by atoms with van der Waals surface area (Å²) in [4.78, 5) is -1.05. The van der Waals surface area contributed by atoms with Crippen molar-refractivity contribution in [2.45, 2.75) is 38.7 Å². The lowest BCUT2D eigenvalue weighted by Crippen LogP contribution is -2.22. The largest absolute Gasteiger partial charge is 0.465 e. The van der Waals surface area contributed by atoms with Crippen molar-refractivity contribution in [2.75, 3.05) is 6.61 Å². The van der Waals surface area contributed by atoms with Crippen LogP contribution in [-0.4, -0.2) is 24.9 Å². The summed E-state index contributed by atoms with van der Waals surface area (Å²) in [6, 6.07) is 22.4. The fraction of sp³-hybridized carbons (Fsp3) is 0.143. The van der Waals surface area contributed by atoms with Crippen molar-refractivity contribution in [1.82, 2.24) is 0 Å². The highest BCUT2D eigenvalue weighted by atomic mass is 32.3. The second-order valence-corrected chi connectivity index (χ2v) is 13.2. The van der Waals surface area contributed by atoms with Gasteiger partial charge in [-0.05, 0) is 55.0 Å². The molecule has 1 heterocycles. The van der Waals surface area contributed by atoms with E-state index in [0.717, 1.165) is 6.42 Å². The van der Waals surface area contributed by atoms with Gasteiger partial charge in [0, 0.05) is 6.42 Å². The zero-order valence-electron chi connectivity index (χ0n) is 20.6. The smallest absolute Gasteiger partial charge is 0.428 e. The minimum absolute atomic E-state index is 0.303. The van der Waals surface area contributed by atoms with Gasteiger partial charge in [-0.3, -0.25) is 3.63 Å². The molecule has 0 spiro atoms. The molecular formula is C28H22F5O5S2+. The average molecular weight is 598 g/mol. The highest BCUT2D eigenvalue weighted by molar-refractivity contribution is 8.32. The summed E-state index contributed by atoms with van der Waals surface area (Å²) in [5.41, 5.74) is 0. The first-order valence-electron chi connectivity index (χ1n) is 12.0. The fourth-order valence-corrected chi connectivity index (χ4v) is 9.87. The third kappa shape index (κ3) is 5.07. The monoisotopic (exact) mass is 597 g/mol. The van der Waals surface area contributed by atoms with Crippen LogP contribution < -0.4 is 4.74 Å². The molecule has 0 amide bonds. The van der Waals surface area contributed by atoms with E-state index in [1.165, 1.54) is 0 Å². The van der Waals surface area contributed by atoms with Crippen molar-refractivity contribution in [1.29, 1.82) is 0 Å². The van der Waals surface area contributed by atoms with Gasteiger partial charge in [-0.15, -0.1) is 8.42 Å². The normalized spacial score (nSPS) is 16.2. The average Bonchev–Trinajstić information content (AvgIpc) is 3.48. The topological polar surface area (TPSA) is 65.4 Å². The molecule has 0 aromatic heterocycles. The van der Waals surface area contributed by atoms with Gasteiger partial charge in [-0.25, -0.2) is 22.0 Å². The van der Waals surface area contributed by atoms with Crippen LogP contribution in [0.1, 0.15) is 12.8 Å². The molecule has 40 heavy (non-hydrogen) atoms. The molecule has 5 rings (SSSR count). The lowest BCUT2D eigenvalue weighted by atomic mass is 10.3. The lowest BCUT2D eigenvalue weighted by Gasteiger charge is -2.35. The summed E-state index contributed by atoms with van der Waals surface area (Å²) in [6.45, 7) is 0.562. The molecule has 12 heteroatoms. The minimum Gasteiger partial charge on any atom is -0.465 e. The Bertz CT molecular complexity index is 1540. The van der Waals surface area contributed by atoms with E-state index in [-0.39, 0.29) is 0 Å². The lowest BCUT2D eigenvalue weighted by molar-refractivity contribution is -0.0390. The second kappa shape index (κ2) is 11.2. The molecule has 0 aliphatic carbocycles. The molecule has 0 bridgehead atoms. The standard InChI is InChI=1S/C28H21F5O5S2/c29-23-24(30)26(32)28(27(33)25(23)31)40(34,35)38-39(19-8-3-1-4-9-19,20-10-5-2-6-11-20)21-15-13-18(14-16-21)37-22-12-7-17-36-22/h1-6,8-11,13-16,22H,7,12,17H2/p+1. The summed E-state index contributed by atoms with van der Waals surface area (Å²) >= 11 is 0. The Labute approximate surface area is 228 Å². The van der Waals surface area contributed by atoms with Crippen LogP contribution in [0.5, 0.6) is 5.75 Å². The first-order chi connectivity index (χ1) is 19.1. The zero-order valence-corrected chi connectivity index (χ0v) is 22.2. The number of rotatable bonds is 8. The van der Waals surface area contributed by atoms with E-state index in [4.69, 9.17) is 9.47 Å². The van der Waals surface area contributed by atoms with E-state index in [1.54, 1.807) is 84.9 Å². The van der Waals surface area contributed by atoms with E-state index in [0.29, 0.717) is 33.5 Å². The Morgan fingerprint density at radius 1 is 0.675 bits per heavy atom. The SMILES string of the molecule is O=S(=O)([OH+]S(c1ccccc1)(c1ccccc1)c1ccc(OC2CCCO2)cc1)c1c(F)c(F)c(F)c(F)c1F. The van der Waals surface area contributed by atoms with Gasteiger partial charge in [0.15, 0.2) is 29.6 Å². The molecule has 0 radical (unpaired) electrons. The maximum Gasteiger partial charge on any atom is 0.428 e. The van der Waals surface area contributed by atoms with Crippen LogP contribution in [0.25, 0.3) is 0 Å². The minimum atomic E-state index is -5.50. The van der Waals surface area contributed by atoms with E-state index in [1.807, 2.05) is 0 Å². The van der Waals surface area contributed by atoms with Crippen molar-refractivity contribution in [3.05, 3.63) is 114 Å². The zero-order chi connectivity index (χ0) is 28.5. The predicted octanol–water partition coefficient (Wildman–Crippen LogP) is 7.58. The number of hydrogen-bond acceptors (Lipinski definition) is 4. The molecule has 4 aromatic carbocycles. The van der Waals surface area contributed by atoms with Crippen molar-refractivity contribution in [3.63, 3.8) is 0 Å². The molecule has 1 aliphatic heterocycles. The molecular weight excluding hydrogens is 575 g/mol. The van der Waals surface area contributed by atoms with Gasteiger partial charge in [0.25, 0.3) is 0 Å². The molecule has 0 saturated carbocycles. The van der Waals surface area contributed by atoms with Gasteiger partial charge >= 0.3 is 10.1 Å². The van der Waals surface area contributed by atoms with Crippen LogP contribution >= 0.6 is 10.3 Å². The Kier molecular flexibility index (Phi) is 7.87. The van der Waals surface area contributed by atoms with Crippen LogP contribution in [0.3, 0.4) is 0 Å². The van der Waals surface area contributed by atoms with Gasteiger partial charge in [0.1, 0.15) is 5.75 Å². The maximum atomic E-state index is 14.7. The second-order valence-electron chi connectivity index (χ2n) is 8.69. The first kappa shape index (κ1) is 28.1. The van der Waals surface area contributed by atoms with E-state index >= 15 is 0 Å². The summed E-state index contributed by atoms with van der Waals surface area (Å²) in [7, 11) is -8.77. The predicted molar refractivity (Wildman–Crippen MR) is 137 cm³/mol. The Hall–Kier alpha value is -3.45. The molecule has 1 unspecified atom stereocenters. The molecule has 1 N–H and O–H groups in total. The molecule has 4 aromatic rings. The van der Waals surface area contributed by atoms with Gasteiger partial charge in [-0.1, -0.05) is 36.4 Å². The van der Waals surface area contributed by atoms with Crippen LogP contribution in [0.15, 0.2) is 105 Å². The van der Waals surface area contributed by atoms with Crippen LogP contribution in [0, 0.1) is 29.1 Å². The van der Waals surface area contributed by atoms with Crippen LogP contribution in [0.2, 0.25) is 0 Å². The maximum absolute atomic E-state index is 14.7. The van der Waals surface area contributed by atoms with Gasteiger partial charge in [0.2, 0.25) is 10.7 Å². The summed E-state index contributed by atoms with van der Waals surface area (Å²) in [6.07, 6.45) is 1.10. The third-order valence-electron chi connectivity index (χ3n) is 6.13. The molecule has 1 fully saturated rings. The highest BCUT2D eigenvalue weighted by Crippen LogP contribution is 2.68. The Morgan fingerprint density at radius 3 is 1.62 bits per heavy atom. The van der Waals surface area contributed by atoms with Crippen molar-refractivity contribution >= 4 is 20.4 Å². The quantitative estimate of drug-likeness (QED) is 0.0691. The highest BCUT2D eigenvalue weighted by Gasteiger charge is 2.47. The number of halogens is 5. The summed E-state index contributed by atoms with van der Waals surface area (Å²) < 4.78 is 114. The molecule has 1 saturated heterocycles. The molecule has 1 aliphatic rings. The van der Waals surface area contributed by atoms with Crippen LogP contribution in [0.4, 0.5) is 22.0 Å². The van der Waals surface area contributed by atoms with E-state index in [9.17, 15) is 30.4 Å². The van der Waals surface area contributed by atoms with E-state index in [2.05, 4.69) is 3.63 Å². The first-order valence-corrected chi connectivity index (χ1v) is 15.0. The molecule has 210 valence electrons. The van der Waals surface area contributed by atoms with Gasteiger partial charge in [-0.2, -0.15) is 0 Å². The number of benzene rings is 4. The van der Waals surface area contributed by atoms with Crippen molar-refractivity contribution < 1.29 is 43.5 Å².